The Morgan fingerprint density at radius 2 is 2.43 bits per heavy atom. The third kappa shape index (κ3) is 3.35. The second-order valence-electron chi connectivity index (χ2n) is 3.20. The number of hydrazone groups is 1. The van der Waals surface area contributed by atoms with Crippen molar-refractivity contribution in [2.75, 3.05) is 0 Å². The van der Waals surface area contributed by atoms with Crippen molar-refractivity contribution in [2.24, 2.45) is 11.0 Å². The van der Waals surface area contributed by atoms with Crippen LogP contribution < -0.4 is 5.43 Å². The van der Waals surface area contributed by atoms with E-state index in [9.17, 15) is 4.79 Å². The van der Waals surface area contributed by atoms with Crippen LogP contribution in [0.25, 0.3) is 0 Å². The van der Waals surface area contributed by atoms with Crippen LogP contribution >= 0.6 is 0 Å². The van der Waals surface area contributed by atoms with Crippen molar-refractivity contribution in [3.8, 4) is 0 Å². The van der Waals surface area contributed by atoms with Crippen LogP contribution in [0, 0.1) is 5.92 Å². The minimum absolute atomic E-state index is 0.241. The molecule has 0 saturated carbocycles. The number of carbonyl (C=O) groups is 1. The van der Waals surface area contributed by atoms with Crippen molar-refractivity contribution in [2.45, 2.75) is 13.8 Å². The summed E-state index contributed by atoms with van der Waals surface area (Å²) in [5.74, 6) is 0.0826. The summed E-state index contributed by atoms with van der Waals surface area (Å²) in [6, 6.07) is 3.40. The van der Waals surface area contributed by atoms with E-state index in [1.54, 1.807) is 24.5 Å². The first-order valence-corrected chi connectivity index (χ1v) is 4.43. The van der Waals surface area contributed by atoms with Gasteiger partial charge in [0.2, 0.25) is 0 Å². The van der Waals surface area contributed by atoms with Gasteiger partial charge in [-0.05, 0) is 18.1 Å². The van der Waals surface area contributed by atoms with E-state index < -0.39 is 0 Å². The summed E-state index contributed by atoms with van der Waals surface area (Å²) in [4.78, 5) is 15.2. The van der Waals surface area contributed by atoms with E-state index in [1.165, 1.54) is 6.20 Å². The van der Waals surface area contributed by atoms with E-state index in [4.69, 9.17) is 0 Å². The van der Waals surface area contributed by atoms with Gasteiger partial charge in [0.1, 0.15) is 0 Å². The molecule has 4 nitrogen and oxygen atoms in total. The van der Waals surface area contributed by atoms with Gasteiger partial charge in [-0.25, -0.2) is 5.43 Å². The van der Waals surface area contributed by atoms with Gasteiger partial charge < -0.3 is 0 Å². The van der Waals surface area contributed by atoms with Gasteiger partial charge in [-0.1, -0.05) is 13.8 Å². The zero-order valence-electron chi connectivity index (χ0n) is 8.27. The number of aromatic nitrogens is 1. The quantitative estimate of drug-likeness (QED) is 0.580. The Morgan fingerprint density at radius 3 is 3.00 bits per heavy atom. The van der Waals surface area contributed by atoms with Crippen molar-refractivity contribution < 1.29 is 4.79 Å². The molecule has 0 radical (unpaired) electrons. The first-order valence-electron chi connectivity index (χ1n) is 4.43. The molecule has 0 saturated heterocycles. The third-order valence-corrected chi connectivity index (χ3v) is 1.46. The maximum Gasteiger partial charge on any atom is 0.272 e. The molecule has 0 aromatic carbocycles. The van der Waals surface area contributed by atoms with Crippen molar-refractivity contribution in [3.05, 3.63) is 30.1 Å². The van der Waals surface area contributed by atoms with Gasteiger partial charge in [0.25, 0.3) is 5.91 Å². The van der Waals surface area contributed by atoms with E-state index >= 15 is 0 Å². The Balaban J connectivity index is 2.52. The largest absolute Gasteiger partial charge is 0.272 e. The van der Waals surface area contributed by atoms with Crippen LogP contribution in [0.1, 0.15) is 24.2 Å². The maximum atomic E-state index is 11.4. The van der Waals surface area contributed by atoms with Gasteiger partial charge in [0.05, 0.1) is 5.56 Å². The molecule has 0 spiro atoms. The van der Waals surface area contributed by atoms with E-state index in [0.717, 1.165) is 0 Å². The fourth-order valence-electron chi connectivity index (χ4n) is 0.807. The van der Waals surface area contributed by atoms with E-state index in [0.29, 0.717) is 11.5 Å². The lowest BCUT2D eigenvalue weighted by atomic mass is 10.2. The van der Waals surface area contributed by atoms with Gasteiger partial charge in [0, 0.05) is 18.6 Å². The van der Waals surface area contributed by atoms with Gasteiger partial charge in [-0.2, -0.15) is 5.10 Å². The average molecular weight is 191 g/mol. The van der Waals surface area contributed by atoms with Crippen LogP contribution in [0.4, 0.5) is 0 Å². The lowest BCUT2D eigenvalue weighted by Crippen LogP contribution is -2.18. The highest BCUT2D eigenvalue weighted by Crippen LogP contribution is 1.94. The smallest absolute Gasteiger partial charge is 0.267 e. The minimum Gasteiger partial charge on any atom is -0.267 e. The number of rotatable bonds is 3. The predicted octanol–water partition coefficient (Wildman–Crippen LogP) is 1.45. The molecule has 1 amide bonds. The molecule has 4 heteroatoms. The maximum absolute atomic E-state index is 11.4. The van der Waals surface area contributed by atoms with E-state index in [1.807, 2.05) is 13.8 Å². The summed E-state index contributed by atoms with van der Waals surface area (Å²) in [5, 5.41) is 3.79. The van der Waals surface area contributed by atoms with Crippen LogP contribution in [0.3, 0.4) is 0 Å². The van der Waals surface area contributed by atoms with Crippen LogP contribution in [-0.2, 0) is 0 Å². The molecule has 74 valence electrons. The van der Waals surface area contributed by atoms with Crippen molar-refractivity contribution >= 4 is 12.1 Å². The monoisotopic (exact) mass is 191 g/mol. The zero-order valence-corrected chi connectivity index (χ0v) is 8.27. The standard InChI is InChI=1S/C10H13N3O/c1-8(2)6-12-13-10(14)9-4-3-5-11-7-9/h3-8H,1-2H3,(H,13,14). The zero-order chi connectivity index (χ0) is 10.4. The molecular weight excluding hydrogens is 178 g/mol. The lowest BCUT2D eigenvalue weighted by molar-refractivity contribution is 0.0954. The molecule has 0 aliphatic heterocycles. The van der Waals surface area contributed by atoms with Crippen molar-refractivity contribution in [3.63, 3.8) is 0 Å². The Bertz CT molecular complexity index is 319. The molecule has 0 atom stereocenters. The summed E-state index contributed by atoms with van der Waals surface area (Å²) < 4.78 is 0. The summed E-state index contributed by atoms with van der Waals surface area (Å²) >= 11 is 0. The topological polar surface area (TPSA) is 54.4 Å². The van der Waals surface area contributed by atoms with Crippen molar-refractivity contribution in [1.29, 1.82) is 0 Å². The van der Waals surface area contributed by atoms with Crippen LogP contribution in [0.2, 0.25) is 0 Å². The molecule has 14 heavy (non-hydrogen) atoms. The van der Waals surface area contributed by atoms with Gasteiger partial charge in [-0.3, -0.25) is 9.78 Å². The molecule has 1 rings (SSSR count). The molecule has 1 N–H and O–H groups in total. The SMILES string of the molecule is CC(C)C=NNC(=O)c1cccnc1. The van der Waals surface area contributed by atoms with E-state index in [2.05, 4.69) is 15.5 Å². The molecule has 0 fully saturated rings. The Kier molecular flexibility index (Phi) is 3.79. The van der Waals surface area contributed by atoms with Crippen LogP contribution in [0.5, 0.6) is 0 Å². The van der Waals surface area contributed by atoms with Gasteiger partial charge in [0.15, 0.2) is 0 Å². The third-order valence-electron chi connectivity index (χ3n) is 1.46. The Labute approximate surface area is 83.1 Å². The second kappa shape index (κ2) is 5.11. The Morgan fingerprint density at radius 1 is 1.64 bits per heavy atom. The number of nitrogens with zero attached hydrogens (tertiary/aromatic N) is 2. The fraction of sp³-hybridized carbons (Fsp3) is 0.300. The number of hydrogen-bond acceptors (Lipinski definition) is 3. The predicted molar refractivity (Wildman–Crippen MR) is 55.0 cm³/mol. The molecule has 1 aromatic heterocycles. The summed E-state index contributed by atoms with van der Waals surface area (Å²) in [7, 11) is 0. The van der Waals surface area contributed by atoms with Gasteiger partial charge in [-0.15, -0.1) is 0 Å². The van der Waals surface area contributed by atoms with Crippen LogP contribution in [0.15, 0.2) is 29.6 Å². The molecule has 1 heterocycles. The number of nitrogens with one attached hydrogen (secondary N) is 1. The highest BCUT2D eigenvalue weighted by Gasteiger charge is 2.01. The Hall–Kier alpha value is -1.71. The van der Waals surface area contributed by atoms with Crippen molar-refractivity contribution in [1.82, 2.24) is 10.4 Å². The van der Waals surface area contributed by atoms with Gasteiger partial charge >= 0.3 is 0 Å². The number of hydrogen-bond donors (Lipinski definition) is 1. The summed E-state index contributed by atoms with van der Waals surface area (Å²) in [6.45, 7) is 3.97. The average Bonchev–Trinajstić information content (AvgIpc) is 2.18. The normalized spacial score (nSPS) is 10.8. The lowest BCUT2D eigenvalue weighted by Gasteiger charge is -1.98. The van der Waals surface area contributed by atoms with Crippen LogP contribution in [-0.4, -0.2) is 17.1 Å². The molecule has 1 aromatic rings. The van der Waals surface area contributed by atoms with E-state index in [-0.39, 0.29) is 5.91 Å². The summed E-state index contributed by atoms with van der Waals surface area (Å²) in [5.41, 5.74) is 2.93. The molecule has 0 aliphatic rings. The highest BCUT2D eigenvalue weighted by molar-refractivity contribution is 5.93. The number of carbonyl (C=O) groups excluding carboxylic acids is 1. The molecule has 0 unspecified atom stereocenters. The number of amides is 1. The second-order valence-corrected chi connectivity index (χ2v) is 3.20. The highest BCUT2D eigenvalue weighted by atomic mass is 16.2. The fourth-order valence-corrected chi connectivity index (χ4v) is 0.807. The minimum atomic E-state index is -0.241. The molecule has 0 aliphatic carbocycles. The molecular formula is C10H13N3O. The molecule has 0 bridgehead atoms. The number of pyridine rings is 1. The first-order chi connectivity index (χ1) is 6.70. The first kappa shape index (κ1) is 10.4. The summed E-state index contributed by atoms with van der Waals surface area (Å²) in [6.07, 6.45) is 4.79.